The van der Waals surface area contributed by atoms with Crippen molar-refractivity contribution in [3.8, 4) is 5.75 Å². The van der Waals surface area contributed by atoms with Crippen molar-refractivity contribution in [3.63, 3.8) is 0 Å². The van der Waals surface area contributed by atoms with Crippen LogP contribution in [0.25, 0.3) is 11.0 Å². The predicted molar refractivity (Wildman–Crippen MR) is 80.9 cm³/mol. The molecule has 0 saturated heterocycles. The molecule has 0 amide bonds. The zero-order valence-corrected chi connectivity index (χ0v) is 12.3. The van der Waals surface area contributed by atoms with Crippen molar-refractivity contribution in [3.05, 3.63) is 40.2 Å². The first-order valence-corrected chi connectivity index (χ1v) is 7.07. The number of phenolic OH excluding ortho intramolecular Hbond substituents is 1. The lowest BCUT2D eigenvalue weighted by atomic mass is 10.1. The minimum atomic E-state index is -0.655. The molecule has 112 valence electrons. The molecule has 1 aromatic heterocycles. The number of rotatable bonds is 6. The third-order valence-electron chi connectivity index (χ3n) is 3.57. The monoisotopic (exact) mass is 289 g/mol. The van der Waals surface area contributed by atoms with Gasteiger partial charge in [-0.1, -0.05) is 13.8 Å². The molecule has 0 fully saturated rings. The third-order valence-corrected chi connectivity index (χ3v) is 3.57. The van der Waals surface area contributed by atoms with Crippen molar-refractivity contribution in [2.45, 2.75) is 20.3 Å². The molecule has 0 bridgehead atoms. The van der Waals surface area contributed by atoms with E-state index in [1.807, 2.05) is 13.8 Å². The van der Waals surface area contributed by atoms with Gasteiger partial charge in [-0.25, -0.2) is 4.79 Å². The van der Waals surface area contributed by atoms with Crippen LogP contribution >= 0.6 is 0 Å². The molecule has 1 aromatic carbocycles. The van der Waals surface area contributed by atoms with Crippen LogP contribution in [-0.2, 0) is 0 Å². The van der Waals surface area contributed by atoms with Gasteiger partial charge in [-0.05, 0) is 31.3 Å². The van der Waals surface area contributed by atoms with Crippen LogP contribution in [0.15, 0.2) is 33.5 Å². The first-order chi connectivity index (χ1) is 10.0. The number of aromatic hydroxyl groups is 1. The Kier molecular flexibility index (Phi) is 4.75. The predicted octanol–water partition coefficient (Wildman–Crippen LogP) is 2.41. The molecule has 1 heterocycles. The Morgan fingerprint density at radius 3 is 2.62 bits per heavy atom. The third kappa shape index (κ3) is 3.49. The quantitative estimate of drug-likeness (QED) is 0.653. The van der Waals surface area contributed by atoms with E-state index in [0.717, 1.165) is 13.1 Å². The highest BCUT2D eigenvalue weighted by Gasteiger charge is 2.14. The van der Waals surface area contributed by atoms with Gasteiger partial charge >= 0.3 is 5.63 Å². The summed E-state index contributed by atoms with van der Waals surface area (Å²) in [4.78, 5) is 26.2. The van der Waals surface area contributed by atoms with Gasteiger partial charge in [0.2, 0.25) is 0 Å². The summed E-state index contributed by atoms with van der Waals surface area (Å²) in [6.45, 7) is 6.43. The van der Waals surface area contributed by atoms with Gasteiger partial charge in [0.15, 0.2) is 5.78 Å². The van der Waals surface area contributed by atoms with Crippen LogP contribution in [0.3, 0.4) is 0 Å². The number of benzene rings is 1. The summed E-state index contributed by atoms with van der Waals surface area (Å²) in [6, 6.07) is 6.01. The van der Waals surface area contributed by atoms with Gasteiger partial charge in [0, 0.05) is 24.4 Å². The number of Topliss-reactive ketones (excluding diaryl/α,β-unsaturated/α-hetero) is 1. The summed E-state index contributed by atoms with van der Waals surface area (Å²) in [5, 5.41) is 9.99. The van der Waals surface area contributed by atoms with E-state index in [9.17, 15) is 14.7 Å². The number of carbonyl (C=O) groups is 1. The van der Waals surface area contributed by atoms with Crippen LogP contribution in [0, 0.1) is 0 Å². The SMILES string of the molecule is CCN(CC)CCC(=O)c1cc2ccc(O)cc2oc1=O. The van der Waals surface area contributed by atoms with E-state index in [0.29, 0.717) is 11.9 Å². The van der Waals surface area contributed by atoms with Crippen molar-refractivity contribution in [1.82, 2.24) is 4.90 Å². The minimum Gasteiger partial charge on any atom is -0.508 e. The molecular weight excluding hydrogens is 270 g/mol. The molecule has 0 unspecified atom stereocenters. The molecule has 21 heavy (non-hydrogen) atoms. The molecular formula is C16H19NO4. The first-order valence-electron chi connectivity index (χ1n) is 7.07. The second-order valence-corrected chi connectivity index (χ2v) is 4.87. The van der Waals surface area contributed by atoms with Crippen LogP contribution in [0.5, 0.6) is 5.75 Å². The minimum absolute atomic E-state index is 0.0197. The van der Waals surface area contributed by atoms with Crippen molar-refractivity contribution >= 4 is 16.8 Å². The Bertz CT molecular complexity index is 701. The summed E-state index contributed by atoms with van der Waals surface area (Å²) in [6.07, 6.45) is 0.288. The zero-order chi connectivity index (χ0) is 15.4. The maximum absolute atomic E-state index is 12.2. The molecule has 2 aromatic rings. The summed E-state index contributed by atoms with van der Waals surface area (Å²) in [5.74, 6) is -0.197. The van der Waals surface area contributed by atoms with Crippen molar-refractivity contribution in [1.29, 1.82) is 0 Å². The van der Waals surface area contributed by atoms with Gasteiger partial charge in [-0.2, -0.15) is 0 Å². The number of phenols is 1. The summed E-state index contributed by atoms with van der Waals surface area (Å²) in [5.41, 5.74) is -0.307. The maximum atomic E-state index is 12.2. The van der Waals surface area contributed by atoms with E-state index < -0.39 is 5.63 Å². The van der Waals surface area contributed by atoms with E-state index in [1.165, 1.54) is 18.2 Å². The summed E-state index contributed by atoms with van der Waals surface area (Å²) in [7, 11) is 0. The van der Waals surface area contributed by atoms with E-state index in [2.05, 4.69) is 4.90 Å². The number of nitrogens with zero attached hydrogens (tertiary/aromatic N) is 1. The fraction of sp³-hybridized carbons (Fsp3) is 0.375. The van der Waals surface area contributed by atoms with Crippen LogP contribution in [0.4, 0.5) is 0 Å². The van der Waals surface area contributed by atoms with E-state index in [-0.39, 0.29) is 29.1 Å². The molecule has 0 aliphatic carbocycles. The summed E-state index contributed by atoms with van der Waals surface area (Å²) < 4.78 is 5.10. The molecule has 0 atom stereocenters. The molecule has 0 radical (unpaired) electrons. The molecule has 1 N–H and O–H groups in total. The average Bonchev–Trinajstić information content (AvgIpc) is 2.47. The molecule has 0 aliphatic rings. The van der Waals surface area contributed by atoms with Crippen LogP contribution in [0.1, 0.15) is 30.6 Å². The number of fused-ring (bicyclic) bond motifs is 1. The van der Waals surface area contributed by atoms with Gasteiger partial charge in [-0.15, -0.1) is 0 Å². The number of carbonyl (C=O) groups excluding carboxylic acids is 1. The average molecular weight is 289 g/mol. The highest BCUT2D eigenvalue weighted by molar-refractivity contribution is 5.98. The second-order valence-electron chi connectivity index (χ2n) is 4.87. The van der Waals surface area contributed by atoms with Crippen molar-refractivity contribution in [2.24, 2.45) is 0 Å². The van der Waals surface area contributed by atoms with Crippen LogP contribution in [-0.4, -0.2) is 35.4 Å². The fourth-order valence-corrected chi connectivity index (χ4v) is 2.23. The lowest BCUT2D eigenvalue weighted by molar-refractivity contribution is 0.0963. The number of ketones is 1. The number of hydrogen-bond donors (Lipinski definition) is 1. The lowest BCUT2D eigenvalue weighted by Gasteiger charge is -2.16. The Morgan fingerprint density at radius 2 is 1.95 bits per heavy atom. The normalized spacial score (nSPS) is 11.2. The van der Waals surface area contributed by atoms with Gasteiger partial charge < -0.3 is 14.4 Å². The zero-order valence-electron chi connectivity index (χ0n) is 12.3. The molecule has 0 spiro atoms. The van der Waals surface area contributed by atoms with Crippen molar-refractivity contribution < 1.29 is 14.3 Å². The molecule has 5 heteroatoms. The first kappa shape index (κ1) is 15.3. The van der Waals surface area contributed by atoms with E-state index in [4.69, 9.17) is 4.42 Å². The Hall–Kier alpha value is -2.14. The van der Waals surface area contributed by atoms with Gasteiger partial charge in [0.25, 0.3) is 0 Å². The smallest absolute Gasteiger partial charge is 0.347 e. The Balaban J connectivity index is 2.25. The molecule has 2 rings (SSSR count). The molecule has 0 saturated carbocycles. The largest absolute Gasteiger partial charge is 0.508 e. The Labute approximate surface area is 122 Å². The fourth-order valence-electron chi connectivity index (χ4n) is 2.23. The van der Waals surface area contributed by atoms with Crippen LogP contribution in [0.2, 0.25) is 0 Å². The highest BCUT2D eigenvalue weighted by atomic mass is 16.4. The summed E-state index contributed by atoms with van der Waals surface area (Å²) >= 11 is 0. The lowest BCUT2D eigenvalue weighted by Crippen LogP contribution is -2.26. The molecule has 5 nitrogen and oxygen atoms in total. The highest BCUT2D eigenvalue weighted by Crippen LogP contribution is 2.19. The standard InChI is InChI=1S/C16H19NO4/c1-3-17(4-2)8-7-14(19)13-9-11-5-6-12(18)10-15(11)21-16(13)20/h5-6,9-10,18H,3-4,7-8H2,1-2H3. The van der Waals surface area contributed by atoms with Gasteiger partial charge in [-0.3, -0.25) is 4.79 Å². The second kappa shape index (κ2) is 6.54. The molecule has 0 aliphatic heterocycles. The van der Waals surface area contributed by atoms with E-state index >= 15 is 0 Å². The Morgan fingerprint density at radius 1 is 1.24 bits per heavy atom. The van der Waals surface area contributed by atoms with Crippen molar-refractivity contribution in [2.75, 3.05) is 19.6 Å². The maximum Gasteiger partial charge on any atom is 0.347 e. The van der Waals surface area contributed by atoms with E-state index in [1.54, 1.807) is 6.07 Å². The van der Waals surface area contributed by atoms with Gasteiger partial charge in [0.05, 0.1) is 0 Å². The topological polar surface area (TPSA) is 70.8 Å². The van der Waals surface area contributed by atoms with Gasteiger partial charge in [0.1, 0.15) is 16.9 Å². The number of hydrogen-bond acceptors (Lipinski definition) is 5. The van der Waals surface area contributed by atoms with Crippen LogP contribution < -0.4 is 5.63 Å².